The number of carbonyl (C=O) groups is 1. The van der Waals surface area contributed by atoms with Gasteiger partial charge in [0.2, 0.25) is 10.0 Å². The molecule has 0 atom stereocenters. The van der Waals surface area contributed by atoms with Crippen LogP contribution in [0.1, 0.15) is 16.7 Å². The first kappa shape index (κ1) is 22.0. The fraction of sp³-hybridized carbons (Fsp3) is 0.211. The van der Waals surface area contributed by atoms with Crippen LogP contribution in [-0.2, 0) is 27.5 Å². The Morgan fingerprint density at radius 3 is 2.43 bits per heavy atom. The largest absolute Gasteiger partial charge is 0.480 e. The van der Waals surface area contributed by atoms with Crippen molar-refractivity contribution in [1.29, 1.82) is 0 Å². The Morgan fingerprint density at radius 1 is 1.17 bits per heavy atom. The number of carboxylic acid groups (broad SMARTS) is 1. The lowest BCUT2D eigenvalue weighted by atomic mass is 10.1. The molecule has 2 aromatic carbocycles. The number of sulfonamides is 1. The number of thiophene rings is 1. The zero-order valence-electron chi connectivity index (χ0n) is 15.4. The van der Waals surface area contributed by atoms with Crippen LogP contribution in [0.3, 0.4) is 0 Å². The van der Waals surface area contributed by atoms with Crippen molar-refractivity contribution in [2.24, 2.45) is 0 Å². The van der Waals surface area contributed by atoms with Gasteiger partial charge in [0.15, 0.2) is 5.75 Å². The van der Waals surface area contributed by atoms with E-state index in [4.69, 9.17) is 5.11 Å². The molecule has 0 spiro atoms. The second kappa shape index (κ2) is 7.88. The molecular weight excluding hydrogens is 446 g/mol. The number of aryl methyl sites for hydroxylation is 1. The topological polar surface area (TPSA) is 74.7 Å². The Kier molecular flexibility index (Phi) is 5.79. The molecule has 0 aliphatic carbocycles. The van der Waals surface area contributed by atoms with Crippen LogP contribution in [0.15, 0.2) is 42.5 Å². The molecule has 0 saturated carbocycles. The van der Waals surface area contributed by atoms with E-state index in [-0.39, 0.29) is 10.6 Å². The Bertz CT molecular complexity index is 1220. The predicted octanol–water partition coefficient (Wildman–Crippen LogP) is 4.79. The van der Waals surface area contributed by atoms with Crippen LogP contribution in [-0.4, -0.2) is 25.2 Å². The number of fused-ring (bicyclic) bond motifs is 1. The summed E-state index contributed by atoms with van der Waals surface area (Å²) in [6, 6.07) is 9.17. The molecule has 0 aliphatic heterocycles. The van der Waals surface area contributed by atoms with Gasteiger partial charge in [0.1, 0.15) is 10.8 Å². The summed E-state index contributed by atoms with van der Waals surface area (Å²) in [5.41, 5.74) is -1.11. The minimum absolute atomic E-state index is 0.130. The first-order chi connectivity index (χ1) is 13.9. The summed E-state index contributed by atoms with van der Waals surface area (Å²) in [4.78, 5) is 11.1. The van der Waals surface area contributed by atoms with Crippen molar-refractivity contribution >= 4 is 42.4 Å². The molecule has 0 fully saturated rings. The van der Waals surface area contributed by atoms with Crippen LogP contribution in [0.2, 0.25) is 0 Å². The number of aliphatic carboxylic acids is 1. The number of halogens is 4. The van der Waals surface area contributed by atoms with Gasteiger partial charge in [-0.25, -0.2) is 12.8 Å². The van der Waals surface area contributed by atoms with Crippen LogP contribution in [0.5, 0.6) is 0 Å². The summed E-state index contributed by atoms with van der Waals surface area (Å²) in [6.45, 7) is 1.07. The summed E-state index contributed by atoms with van der Waals surface area (Å²) in [5.74, 6) is -4.33. The lowest BCUT2D eigenvalue weighted by molar-refractivity contribution is -0.140. The highest BCUT2D eigenvalue weighted by atomic mass is 32.2. The maximum absolute atomic E-state index is 13.6. The van der Waals surface area contributed by atoms with Crippen LogP contribution < -0.4 is 4.31 Å². The zero-order chi connectivity index (χ0) is 22.3. The molecule has 0 bridgehead atoms. The van der Waals surface area contributed by atoms with Gasteiger partial charge in [-0.05, 0) is 41.6 Å². The molecule has 3 aromatic rings. The molecule has 0 saturated heterocycles. The molecule has 1 N–H and O–H groups in total. The lowest BCUT2D eigenvalue weighted by Crippen LogP contribution is -2.35. The minimum Gasteiger partial charge on any atom is -0.480 e. The van der Waals surface area contributed by atoms with E-state index in [2.05, 4.69) is 0 Å². The fourth-order valence-corrected chi connectivity index (χ4v) is 5.75. The molecule has 0 radical (unpaired) electrons. The SMILES string of the molecule is Cc1c(N(Cc2ccc(F)c(C(F)(F)F)c2)S(=O)(=O)CC(=O)O)sc2ccccc12. The molecule has 5 nitrogen and oxygen atoms in total. The van der Waals surface area contributed by atoms with E-state index in [1.54, 1.807) is 31.2 Å². The quantitative estimate of drug-likeness (QED) is 0.536. The maximum atomic E-state index is 13.6. The Balaban J connectivity index is 2.14. The van der Waals surface area contributed by atoms with Crippen LogP contribution >= 0.6 is 11.3 Å². The third-order valence-corrected chi connectivity index (χ3v) is 7.36. The number of benzene rings is 2. The van der Waals surface area contributed by atoms with Crippen molar-refractivity contribution in [3.63, 3.8) is 0 Å². The molecule has 160 valence electrons. The van der Waals surface area contributed by atoms with Crippen molar-refractivity contribution in [1.82, 2.24) is 0 Å². The Labute approximate surface area is 173 Å². The van der Waals surface area contributed by atoms with Gasteiger partial charge >= 0.3 is 12.1 Å². The van der Waals surface area contributed by atoms with Crippen molar-refractivity contribution in [3.05, 3.63) is 65.0 Å². The van der Waals surface area contributed by atoms with Gasteiger partial charge in [0, 0.05) is 4.70 Å². The summed E-state index contributed by atoms with van der Waals surface area (Å²) in [7, 11) is -4.43. The Morgan fingerprint density at radius 2 is 1.83 bits per heavy atom. The molecular formula is C19H15F4NO4S2. The predicted molar refractivity (Wildman–Crippen MR) is 106 cm³/mol. The monoisotopic (exact) mass is 461 g/mol. The molecule has 30 heavy (non-hydrogen) atoms. The van der Waals surface area contributed by atoms with Crippen molar-refractivity contribution in [3.8, 4) is 0 Å². The number of nitrogens with zero attached hydrogens (tertiary/aromatic N) is 1. The van der Waals surface area contributed by atoms with Gasteiger partial charge < -0.3 is 5.11 Å². The molecule has 1 aromatic heterocycles. The van der Waals surface area contributed by atoms with E-state index >= 15 is 0 Å². The van der Waals surface area contributed by atoms with E-state index in [9.17, 15) is 30.8 Å². The van der Waals surface area contributed by atoms with E-state index in [1.165, 1.54) is 0 Å². The third kappa shape index (κ3) is 4.41. The van der Waals surface area contributed by atoms with Gasteiger partial charge in [-0.3, -0.25) is 9.10 Å². The summed E-state index contributed by atoms with van der Waals surface area (Å²) in [6.07, 6.45) is -4.96. The summed E-state index contributed by atoms with van der Waals surface area (Å²) < 4.78 is 79.8. The second-order valence-electron chi connectivity index (χ2n) is 6.50. The average Bonchev–Trinajstić information content (AvgIpc) is 2.95. The first-order valence-electron chi connectivity index (χ1n) is 8.46. The first-order valence-corrected chi connectivity index (χ1v) is 10.9. The van der Waals surface area contributed by atoms with Crippen LogP contribution in [0, 0.1) is 12.7 Å². The summed E-state index contributed by atoms with van der Waals surface area (Å²) >= 11 is 1.08. The number of alkyl halides is 3. The van der Waals surface area contributed by atoms with Gasteiger partial charge in [-0.2, -0.15) is 13.2 Å². The number of carboxylic acids is 1. The normalized spacial score (nSPS) is 12.3. The third-order valence-electron chi connectivity index (χ3n) is 4.35. The van der Waals surface area contributed by atoms with E-state index in [0.29, 0.717) is 17.7 Å². The van der Waals surface area contributed by atoms with Gasteiger partial charge in [0.05, 0.1) is 12.1 Å². The van der Waals surface area contributed by atoms with Gasteiger partial charge in [0.25, 0.3) is 0 Å². The van der Waals surface area contributed by atoms with E-state index in [1.807, 2.05) is 0 Å². The number of hydrogen-bond acceptors (Lipinski definition) is 4. The molecule has 0 aliphatic rings. The number of hydrogen-bond donors (Lipinski definition) is 1. The van der Waals surface area contributed by atoms with Crippen molar-refractivity contribution in [2.45, 2.75) is 19.6 Å². The van der Waals surface area contributed by atoms with E-state index < -0.39 is 45.8 Å². The van der Waals surface area contributed by atoms with Crippen molar-refractivity contribution < 1.29 is 35.9 Å². The summed E-state index contributed by atoms with van der Waals surface area (Å²) in [5, 5.41) is 9.94. The fourth-order valence-electron chi connectivity index (χ4n) is 2.98. The average molecular weight is 461 g/mol. The lowest BCUT2D eigenvalue weighted by Gasteiger charge is -2.23. The molecule has 11 heteroatoms. The smallest absolute Gasteiger partial charge is 0.419 e. The highest BCUT2D eigenvalue weighted by molar-refractivity contribution is 7.93. The van der Waals surface area contributed by atoms with Crippen molar-refractivity contribution in [2.75, 3.05) is 10.1 Å². The van der Waals surface area contributed by atoms with Crippen LogP contribution in [0.25, 0.3) is 10.1 Å². The van der Waals surface area contributed by atoms with Crippen LogP contribution in [0.4, 0.5) is 22.6 Å². The van der Waals surface area contributed by atoms with Gasteiger partial charge in [-0.15, -0.1) is 11.3 Å². The highest BCUT2D eigenvalue weighted by Crippen LogP contribution is 2.40. The second-order valence-corrected chi connectivity index (χ2v) is 9.42. The van der Waals surface area contributed by atoms with Gasteiger partial charge in [-0.1, -0.05) is 24.3 Å². The standard InChI is InChI=1S/C19H15F4NO4S2/c1-11-13-4-2-3-5-16(13)29-18(11)24(30(27,28)10-17(25)26)9-12-6-7-15(20)14(8-12)19(21,22)23/h2-8H,9-10H2,1H3,(H,25,26). The highest BCUT2D eigenvalue weighted by Gasteiger charge is 2.35. The van der Waals surface area contributed by atoms with E-state index in [0.717, 1.165) is 31.8 Å². The zero-order valence-corrected chi connectivity index (χ0v) is 17.0. The number of rotatable bonds is 6. The molecule has 3 rings (SSSR count). The number of anilines is 1. The molecule has 1 heterocycles. The molecule has 0 amide bonds. The molecule has 0 unspecified atom stereocenters. The minimum atomic E-state index is -4.96. The Hall–Kier alpha value is -2.66. The maximum Gasteiger partial charge on any atom is 0.419 e.